The van der Waals surface area contributed by atoms with Gasteiger partial charge in [0.1, 0.15) is 0 Å². The summed E-state index contributed by atoms with van der Waals surface area (Å²) in [6.07, 6.45) is 4.79. The van der Waals surface area contributed by atoms with Gasteiger partial charge in [-0.15, -0.1) is 6.58 Å². The molecule has 0 aliphatic heterocycles. The number of aliphatic hydroxyl groups excluding tert-OH is 1. The third-order valence-electron chi connectivity index (χ3n) is 3.05. The number of carbonyl (C=O) groups is 1. The van der Waals surface area contributed by atoms with Crippen LogP contribution >= 0.6 is 0 Å². The number of amides is 1. The van der Waals surface area contributed by atoms with E-state index < -0.39 is 0 Å². The molecule has 4 nitrogen and oxygen atoms in total. The summed E-state index contributed by atoms with van der Waals surface area (Å²) in [6.45, 7) is 4.24. The van der Waals surface area contributed by atoms with Crippen molar-refractivity contribution in [2.45, 2.75) is 0 Å². The second kappa shape index (κ2) is 7.36. The molecule has 108 valence electrons. The monoisotopic (exact) mass is 282 g/mol. The number of pyridine rings is 1. The minimum Gasteiger partial charge on any atom is -0.395 e. The van der Waals surface area contributed by atoms with E-state index in [1.807, 2.05) is 36.4 Å². The van der Waals surface area contributed by atoms with Gasteiger partial charge in [0.2, 0.25) is 5.91 Å². The molecule has 2 aromatic rings. The molecule has 1 N–H and O–H groups in total. The van der Waals surface area contributed by atoms with Gasteiger partial charge in [-0.1, -0.05) is 30.3 Å². The molecule has 0 bridgehead atoms. The molecule has 0 unspecified atom stereocenters. The van der Waals surface area contributed by atoms with Gasteiger partial charge in [0, 0.05) is 24.6 Å². The Labute approximate surface area is 124 Å². The highest BCUT2D eigenvalue weighted by Crippen LogP contribution is 2.12. The fourth-order valence-corrected chi connectivity index (χ4v) is 2.00. The fourth-order valence-electron chi connectivity index (χ4n) is 2.00. The van der Waals surface area contributed by atoms with E-state index in [2.05, 4.69) is 11.6 Å². The summed E-state index contributed by atoms with van der Waals surface area (Å²) in [5.74, 6) is -0.168. The van der Waals surface area contributed by atoms with Gasteiger partial charge in [-0.25, -0.2) is 4.98 Å². The first-order valence-electron chi connectivity index (χ1n) is 6.79. The Morgan fingerprint density at radius 2 is 2.10 bits per heavy atom. The number of rotatable bonds is 6. The first kappa shape index (κ1) is 14.9. The minimum absolute atomic E-state index is 0.0678. The van der Waals surface area contributed by atoms with Crippen LogP contribution in [0.25, 0.3) is 17.0 Å². The maximum atomic E-state index is 12.0. The van der Waals surface area contributed by atoms with Crippen LogP contribution in [0.4, 0.5) is 0 Å². The lowest BCUT2D eigenvalue weighted by Gasteiger charge is -2.17. The van der Waals surface area contributed by atoms with E-state index in [0.717, 1.165) is 16.6 Å². The Bertz CT molecular complexity index is 665. The summed E-state index contributed by atoms with van der Waals surface area (Å²) in [6, 6.07) is 11.7. The van der Waals surface area contributed by atoms with Crippen LogP contribution in [0.15, 0.2) is 55.1 Å². The number of nitrogens with zero attached hydrogens (tertiary/aromatic N) is 2. The van der Waals surface area contributed by atoms with Gasteiger partial charge in [0.15, 0.2) is 0 Å². The first-order valence-corrected chi connectivity index (χ1v) is 6.79. The van der Waals surface area contributed by atoms with Gasteiger partial charge >= 0.3 is 0 Å². The number of benzene rings is 1. The van der Waals surface area contributed by atoms with Gasteiger partial charge < -0.3 is 10.0 Å². The highest BCUT2D eigenvalue weighted by atomic mass is 16.3. The van der Waals surface area contributed by atoms with Crippen molar-refractivity contribution in [3.63, 3.8) is 0 Å². The second-order valence-electron chi connectivity index (χ2n) is 4.56. The van der Waals surface area contributed by atoms with Gasteiger partial charge in [0.05, 0.1) is 17.8 Å². The molecular formula is C17H18N2O2. The number of fused-ring (bicyclic) bond motifs is 1. The predicted octanol–water partition coefficient (Wildman–Crippen LogP) is 2.25. The van der Waals surface area contributed by atoms with Gasteiger partial charge in [0.25, 0.3) is 0 Å². The molecule has 4 heteroatoms. The lowest BCUT2D eigenvalue weighted by molar-refractivity contribution is -0.125. The van der Waals surface area contributed by atoms with Crippen LogP contribution in [0.3, 0.4) is 0 Å². The molecule has 0 radical (unpaired) electrons. The number of carbonyl (C=O) groups excluding carboxylic acids is 1. The number of para-hydroxylation sites is 1. The third kappa shape index (κ3) is 4.00. The fraction of sp³-hybridized carbons (Fsp3) is 0.176. The number of hydrogen-bond donors (Lipinski definition) is 1. The van der Waals surface area contributed by atoms with E-state index >= 15 is 0 Å². The molecule has 1 amide bonds. The average molecular weight is 282 g/mol. The Balaban J connectivity index is 2.14. The van der Waals surface area contributed by atoms with Crippen molar-refractivity contribution in [2.75, 3.05) is 19.7 Å². The quantitative estimate of drug-likeness (QED) is 0.653. The van der Waals surface area contributed by atoms with Crippen molar-refractivity contribution < 1.29 is 9.90 Å². The molecule has 21 heavy (non-hydrogen) atoms. The van der Waals surface area contributed by atoms with Gasteiger partial charge in [-0.05, 0) is 18.2 Å². The van der Waals surface area contributed by atoms with E-state index in [4.69, 9.17) is 5.11 Å². The van der Waals surface area contributed by atoms with Crippen molar-refractivity contribution in [2.24, 2.45) is 0 Å². The Kier molecular flexibility index (Phi) is 5.23. The lowest BCUT2D eigenvalue weighted by Crippen LogP contribution is -2.32. The molecule has 0 atom stereocenters. The van der Waals surface area contributed by atoms with Crippen molar-refractivity contribution >= 4 is 22.9 Å². The summed E-state index contributed by atoms with van der Waals surface area (Å²) in [5, 5.41) is 10.0. The van der Waals surface area contributed by atoms with Crippen molar-refractivity contribution in [1.29, 1.82) is 0 Å². The normalized spacial score (nSPS) is 10.9. The zero-order valence-electron chi connectivity index (χ0n) is 11.8. The number of aromatic nitrogens is 1. The Hall–Kier alpha value is -2.46. The average Bonchev–Trinajstić information content (AvgIpc) is 2.52. The number of aliphatic hydroxyl groups is 1. The van der Waals surface area contributed by atoms with E-state index in [1.165, 1.54) is 11.0 Å². The maximum absolute atomic E-state index is 12.0. The van der Waals surface area contributed by atoms with Crippen LogP contribution < -0.4 is 0 Å². The summed E-state index contributed by atoms with van der Waals surface area (Å²) >= 11 is 0. The van der Waals surface area contributed by atoms with E-state index in [0.29, 0.717) is 13.1 Å². The molecule has 0 aliphatic rings. The standard InChI is InChI=1S/C17H18N2O2/c1-2-11-19(12-13-20)17(21)10-9-15-8-7-14-5-3-4-6-16(14)18-15/h2-10,20H,1,11-13H2/b10-9+. The van der Waals surface area contributed by atoms with Crippen LogP contribution in [0.1, 0.15) is 5.69 Å². The molecule has 0 spiro atoms. The highest BCUT2D eigenvalue weighted by molar-refractivity contribution is 5.92. The molecule has 1 aromatic heterocycles. The Morgan fingerprint density at radius 1 is 1.29 bits per heavy atom. The van der Waals surface area contributed by atoms with E-state index in [1.54, 1.807) is 12.2 Å². The van der Waals surface area contributed by atoms with Crippen LogP contribution in [0.5, 0.6) is 0 Å². The zero-order valence-corrected chi connectivity index (χ0v) is 11.8. The summed E-state index contributed by atoms with van der Waals surface area (Å²) < 4.78 is 0. The molecule has 0 saturated carbocycles. The van der Waals surface area contributed by atoms with Gasteiger partial charge in [-0.2, -0.15) is 0 Å². The summed E-state index contributed by atoms with van der Waals surface area (Å²) in [7, 11) is 0. The highest BCUT2D eigenvalue weighted by Gasteiger charge is 2.07. The summed E-state index contributed by atoms with van der Waals surface area (Å²) in [4.78, 5) is 18.0. The van der Waals surface area contributed by atoms with Crippen LogP contribution in [0.2, 0.25) is 0 Å². The second-order valence-corrected chi connectivity index (χ2v) is 4.56. The third-order valence-corrected chi connectivity index (χ3v) is 3.05. The predicted molar refractivity (Wildman–Crippen MR) is 84.6 cm³/mol. The molecule has 2 rings (SSSR count). The summed E-state index contributed by atoms with van der Waals surface area (Å²) in [5.41, 5.74) is 1.62. The molecule has 1 aromatic carbocycles. The smallest absolute Gasteiger partial charge is 0.246 e. The lowest BCUT2D eigenvalue weighted by atomic mass is 10.2. The maximum Gasteiger partial charge on any atom is 0.246 e. The van der Waals surface area contributed by atoms with Crippen molar-refractivity contribution in [3.8, 4) is 0 Å². The topological polar surface area (TPSA) is 53.4 Å². The van der Waals surface area contributed by atoms with Crippen molar-refractivity contribution in [1.82, 2.24) is 9.88 Å². The van der Waals surface area contributed by atoms with Crippen LogP contribution in [-0.2, 0) is 4.79 Å². The van der Waals surface area contributed by atoms with E-state index in [9.17, 15) is 4.79 Å². The number of hydrogen-bond acceptors (Lipinski definition) is 3. The first-order chi connectivity index (χ1) is 10.2. The van der Waals surface area contributed by atoms with Crippen LogP contribution in [-0.4, -0.2) is 40.6 Å². The molecule has 0 aliphatic carbocycles. The van der Waals surface area contributed by atoms with E-state index in [-0.39, 0.29) is 12.5 Å². The minimum atomic E-state index is -0.168. The van der Waals surface area contributed by atoms with Crippen molar-refractivity contribution in [3.05, 3.63) is 60.8 Å². The Morgan fingerprint density at radius 3 is 2.86 bits per heavy atom. The zero-order chi connectivity index (χ0) is 15.1. The SMILES string of the molecule is C=CCN(CCO)C(=O)/C=C/c1ccc2ccccc2n1. The van der Waals surface area contributed by atoms with Gasteiger partial charge in [-0.3, -0.25) is 4.79 Å². The largest absolute Gasteiger partial charge is 0.395 e. The van der Waals surface area contributed by atoms with Crippen LogP contribution in [0, 0.1) is 0 Å². The molecular weight excluding hydrogens is 264 g/mol. The molecule has 0 saturated heterocycles. The molecule has 1 heterocycles. The molecule has 0 fully saturated rings.